The summed E-state index contributed by atoms with van der Waals surface area (Å²) in [6.07, 6.45) is -4.94. The predicted octanol–water partition coefficient (Wildman–Crippen LogP) is 3.28. The Morgan fingerprint density at radius 1 is 0.958 bits per heavy atom. The summed E-state index contributed by atoms with van der Waals surface area (Å²) in [4.78, 5) is 70.2. The molecule has 3 heterocycles. The zero-order valence-corrected chi connectivity index (χ0v) is 30.7. The maximum Gasteiger partial charge on any atom is 0.407 e. The number of hydrogen-bond acceptors (Lipinski definition) is 12. The maximum atomic E-state index is 14.3. The van der Waals surface area contributed by atoms with E-state index in [9.17, 15) is 29.1 Å². The molecule has 13 nitrogen and oxygen atoms in total. The summed E-state index contributed by atoms with van der Waals surface area (Å²) in [6.45, 7) is 17.0. The van der Waals surface area contributed by atoms with Crippen molar-refractivity contribution in [3.63, 3.8) is 0 Å². The Morgan fingerprint density at radius 3 is 2.15 bits per heavy atom. The maximum absolute atomic E-state index is 14.3. The predicted molar refractivity (Wildman–Crippen MR) is 174 cm³/mol. The number of likely N-dealkylation sites (N-methyl/N-ethyl adjacent to an activating group) is 1. The van der Waals surface area contributed by atoms with Crippen LogP contribution in [-0.4, -0.2) is 108 Å². The highest BCUT2D eigenvalue weighted by Crippen LogP contribution is 2.47. The first-order chi connectivity index (χ1) is 22.2. The first kappa shape index (κ1) is 39.8. The van der Waals surface area contributed by atoms with Gasteiger partial charge >= 0.3 is 18.0 Å². The van der Waals surface area contributed by atoms with Gasteiger partial charge in [-0.2, -0.15) is 0 Å². The number of nitrogens with one attached hydrogen (secondary N) is 1. The van der Waals surface area contributed by atoms with Crippen LogP contribution in [0.2, 0.25) is 0 Å². The molecule has 0 saturated carbocycles. The third-order valence-electron chi connectivity index (χ3n) is 10.8. The molecule has 2 N–H and O–H groups in total. The van der Waals surface area contributed by atoms with E-state index in [1.54, 1.807) is 55.4 Å². The van der Waals surface area contributed by atoms with Crippen LogP contribution in [-0.2, 0) is 42.9 Å². The highest BCUT2D eigenvalue weighted by atomic mass is 16.7. The third kappa shape index (κ3) is 7.89. The van der Waals surface area contributed by atoms with Gasteiger partial charge in [0.15, 0.2) is 17.7 Å². The summed E-state index contributed by atoms with van der Waals surface area (Å²) < 4.78 is 30.5. The number of esters is 2. The number of hydrogen-bond donors (Lipinski definition) is 2. The van der Waals surface area contributed by atoms with Crippen LogP contribution < -0.4 is 5.32 Å². The summed E-state index contributed by atoms with van der Waals surface area (Å²) in [5.41, 5.74) is -2.97. The number of ketones is 2. The minimum Gasteiger partial charge on any atom is -0.458 e. The Labute approximate surface area is 285 Å². The van der Waals surface area contributed by atoms with Crippen molar-refractivity contribution in [3.05, 3.63) is 0 Å². The number of aliphatic hydroxyl groups excluding tert-OH is 1. The molecule has 14 atom stereocenters. The van der Waals surface area contributed by atoms with E-state index in [-0.39, 0.29) is 37.3 Å². The molecule has 1 amide bonds. The van der Waals surface area contributed by atoms with Gasteiger partial charge < -0.3 is 39.0 Å². The summed E-state index contributed by atoms with van der Waals surface area (Å²) in [7, 11) is 3.66. The zero-order valence-electron chi connectivity index (χ0n) is 30.7. The highest BCUT2D eigenvalue weighted by Gasteiger charge is 2.60. The third-order valence-corrected chi connectivity index (χ3v) is 10.8. The second-order valence-electron chi connectivity index (χ2n) is 14.8. The van der Waals surface area contributed by atoms with E-state index < -0.39 is 95.1 Å². The number of aliphatic hydroxyl groups is 1. The first-order valence-electron chi connectivity index (χ1n) is 17.4. The van der Waals surface area contributed by atoms with E-state index in [4.69, 9.17) is 23.7 Å². The van der Waals surface area contributed by atoms with Crippen LogP contribution in [0.1, 0.15) is 88.5 Å². The molecule has 0 radical (unpaired) electrons. The summed E-state index contributed by atoms with van der Waals surface area (Å²) in [5.74, 6) is -7.29. The van der Waals surface area contributed by atoms with Crippen LogP contribution in [0.4, 0.5) is 4.79 Å². The summed E-state index contributed by atoms with van der Waals surface area (Å²) in [5, 5.41) is 14.0. The molecule has 0 bridgehead atoms. The van der Waals surface area contributed by atoms with E-state index in [0.29, 0.717) is 6.42 Å². The molecule has 3 fully saturated rings. The fourth-order valence-corrected chi connectivity index (χ4v) is 8.27. The Kier molecular flexibility index (Phi) is 12.9. The van der Waals surface area contributed by atoms with Gasteiger partial charge in [0, 0.05) is 36.3 Å². The van der Waals surface area contributed by atoms with Gasteiger partial charge in [-0.25, -0.2) is 4.79 Å². The fourth-order valence-electron chi connectivity index (χ4n) is 8.27. The number of rotatable bonds is 6. The Bertz CT molecular complexity index is 1210. The minimum atomic E-state index is -1.64. The van der Waals surface area contributed by atoms with Crippen molar-refractivity contribution in [1.29, 1.82) is 0 Å². The molecular formula is C35H58N2O11. The van der Waals surface area contributed by atoms with E-state index in [0.717, 1.165) is 0 Å². The van der Waals surface area contributed by atoms with Crippen molar-refractivity contribution in [2.24, 2.45) is 35.5 Å². The quantitative estimate of drug-likeness (QED) is 0.239. The van der Waals surface area contributed by atoms with Gasteiger partial charge in [0.05, 0.1) is 12.0 Å². The molecule has 3 saturated heterocycles. The molecule has 0 aliphatic carbocycles. The SMILES string of the molecule is CCNC(=O)O[C@]1(C)C[C@@H](C)C(=O)C(C)C2C(C)C(=O)O[C@]2(C)[C@@H](CC)OC(=O)[C@H](C)C(=O)[C@H](C)[C@H]1O[C@@H]1O[C@H](C)C[C@H](N(C)C)[C@H]1O. The van der Waals surface area contributed by atoms with Gasteiger partial charge in [0.1, 0.15) is 35.6 Å². The Balaban J connectivity index is 2.20. The van der Waals surface area contributed by atoms with E-state index in [1.807, 2.05) is 25.9 Å². The molecule has 3 unspecified atom stereocenters. The second-order valence-corrected chi connectivity index (χ2v) is 14.8. The molecule has 0 aromatic heterocycles. The van der Waals surface area contributed by atoms with Crippen molar-refractivity contribution in [2.75, 3.05) is 20.6 Å². The van der Waals surface area contributed by atoms with Crippen molar-refractivity contribution >= 4 is 29.6 Å². The zero-order chi connectivity index (χ0) is 36.5. The molecular weight excluding hydrogens is 624 g/mol. The number of nitrogens with zero attached hydrogens (tertiary/aromatic N) is 1. The van der Waals surface area contributed by atoms with Crippen molar-refractivity contribution < 1.29 is 52.8 Å². The van der Waals surface area contributed by atoms with Gasteiger partial charge in [-0.1, -0.05) is 34.6 Å². The molecule has 3 aliphatic rings. The minimum absolute atomic E-state index is 0.0757. The molecule has 0 aromatic rings. The van der Waals surface area contributed by atoms with Crippen molar-refractivity contribution in [3.8, 4) is 0 Å². The van der Waals surface area contributed by atoms with Gasteiger partial charge in [0.25, 0.3) is 0 Å². The fraction of sp³-hybridized carbons (Fsp3) is 0.857. The second kappa shape index (κ2) is 15.5. The average molecular weight is 683 g/mol. The standard InChI is InChI=1S/C35H58N2O11/c1-13-24-35(10)25(20(6)31(42)47-35)19(5)26(38)17(3)16-34(9,48-33(43)36-14-2)29(21(7)27(39)22(8)30(41)45-24)46-32-28(40)23(37(11)12)15-18(4)44-32/h17-25,28-29,32,40H,13-16H2,1-12H3,(H,36,43)/t17-,18-,19?,20?,21+,22-,23+,24-,25?,28-,29-,32+,34-,35-/m1/s1. The van der Waals surface area contributed by atoms with Crippen LogP contribution in [0.15, 0.2) is 0 Å². The Hall–Kier alpha value is -2.61. The summed E-state index contributed by atoms with van der Waals surface area (Å²) >= 11 is 0. The van der Waals surface area contributed by atoms with Crippen molar-refractivity contribution in [1.82, 2.24) is 10.2 Å². The first-order valence-corrected chi connectivity index (χ1v) is 17.4. The number of cyclic esters (lactones) is 1. The van der Waals surface area contributed by atoms with Crippen LogP contribution in [0.3, 0.4) is 0 Å². The van der Waals surface area contributed by atoms with Gasteiger partial charge in [-0.05, 0) is 68.0 Å². The number of carbonyl (C=O) groups is 5. The van der Waals surface area contributed by atoms with Crippen LogP contribution >= 0.6 is 0 Å². The molecule has 3 aliphatic heterocycles. The van der Waals surface area contributed by atoms with Gasteiger partial charge in [-0.3, -0.25) is 19.2 Å². The lowest BCUT2D eigenvalue weighted by Gasteiger charge is -2.47. The lowest BCUT2D eigenvalue weighted by Crippen LogP contribution is -2.60. The molecule has 13 heteroatoms. The van der Waals surface area contributed by atoms with E-state index >= 15 is 0 Å². The largest absolute Gasteiger partial charge is 0.458 e. The molecule has 274 valence electrons. The van der Waals surface area contributed by atoms with E-state index in [2.05, 4.69) is 5.32 Å². The smallest absolute Gasteiger partial charge is 0.407 e. The van der Waals surface area contributed by atoms with Crippen LogP contribution in [0.25, 0.3) is 0 Å². The number of Topliss-reactive ketones (excluding diaryl/α,β-unsaturated/α-hetero) is 2. The molecule has 48 heavy (non-hydrogen) atoms. The molecule has 0 spiro atoms. The number of ether oxygens (including phenoxy) is 5. The topological polar surface area (TPSA) is 167 Å². The van der Waals surface area contributed by atoms with Gasteiger partial charge in [-0.15, -0.1) is 0 Å². The van der Waals surface area contributed by atoms with E-state index in [1.165, 1.54) is 6.92 Å². The van der Waals surface area contributed by atoms with Crippen LogP contribution in [0, 0.1) is 35.5 Å². The Morgan fingerprint density at radius 2 is 1.58 bits per heavy atom. The van der Waals surface area contributed by atoms with Crippen molar-refractivity contribution in [2.45, 2.75) is 136 Å². The lowest BCUT2D eigenvalue weighted by molar-refractivity contribution is -0.292. The number of carbonyl (C=O) groups excluding carboxylic acids is 5. The van der Waals surface area contributed by atoms with Crippen LogP contribution in [0.5, 0.6) is 0 Å². The number of amides is 1. The highest BCUT2D eigenvalue weighted by molar-refractivity contribution is 6.00. The monoisotopic (exact) mass is 682 g/mol. The van der Waals surface area contributed by atoms with Gasteiger partial charge in [0.2, 0.25) is 0 Å². The number of alkyl carbamates (subject to hydrolysis) is 1. The lowest BCUT2D eigenvalue weighted by atomic mass is 9.67. The number of fused-ring (bicyclic) bond motifs is 1. The molecule has 0 aromatic carbocycles. The average Bonchev–Trinajstić information content (AvgIpc) is 3.24. The normalized spacial score (nSPS) is 43.2. The molecule has 3 rings (SSSR count). The summed E-state index contributed by atoms with van der Waals surface area (Å²) in [6, 6.07) is -0.340.